The number of halogens is 1. The molecule has 3 rings (SSSR count). The lowest BCUT2D eigenvalue weighted by Gasteiger charge is -2.14. The van der Waals surface area contributed by atoms with E-state index in [4.69, 9.17) is 0 Å². The van der Waals surface area contributed by atoms with Crippen LogP contribution in [0.25, 0.3) is 0 Å². The highest BCUT2D eigenvalue weighted by Crippen LogP contribution is 2.37. The van der Waals surface area contributed by atoms with E-state index >= 15 is 0 Å². The van der Waals surface area contributed by atoms with Crippen molar-refractivity contribution in [3.05, 3.63) is 35.1 Å². The summed E-state index contributed by atoms with van der Waals surface area (Å²) >= 11 is 3.30. The zero-order chi connectivity index (χ0) is 12.7. The van der Waals surface area contributed by atoms with Crippen LogP contribution in [0.4, 0.5) is 5.69 Å². The summed E-state index contributed by atoms with van der Waals surface area (Å²) in [5, 5.41) is 0. The first kappa shape index (κ1) is 11.6. The molecule has 1 fully saturated rings. The predicted octanol–water partition coefficient (Wildman–Crippen LogP) is 2.30. The molecular formula is C13H11BrN2O2. The van der Waals surface area contributed by atoms with E-state index in [9.17, 15) is 9.59 Å². The largest absolute Gasteiger partial charge is 0.274 e. The predicted molar refractivity (Wildman–Crippen MR) is 69.8 cm³/mol. The van der Waals surface area contributed by atoms with Crippen molar-refractivity contribution >= 4 is 33.4 Å². The highest BCUT2D eigenvalue weighted by molar-refractivity contribution is 9.10. The summed E-state index contributed by atoms with van der Waals surface area (Å²) in [5.74, 6) is -0.591. The smallest absolute Gasteiger partial charge is 0.238 e. The Labute approximate surface area is 113 Å². The number of carbonyl (C=O) groups excluding carboxylic acids is 2. The molecule has 2 amide bonds. The van der Waals surface area contributed by atoms with Crippen molar-refractivity contribution in [1.29, 1.82) is 0 Å². The van der Waals surface area contributed by atoms with Gasteiger partial charge in [0.2, 0.25) is 11.8 Å². The molecule has 1 aliphatic carbocycles. The van der Waals surface area contributed by atoms with Gasteiger partial charge < -0.3 is 0 Å². The fourth-order valence-corrected chi connectivity index (χ4v) is 2.93. The van der Waals surface area contributed by atoms with Crippen LogP contribution in [-0.2, 0) is 9.59 Å². The van der Waals surface area contributed by atoms with Crippen molar-refractivity contribution in [3.63, 3.8) is 0 Å². The number of hydrogen-bond acceptors (Lipinski definition) is 3. The van der Waals surface area contributed by atoms with E-state index in [2.05, 4.69) is 20.9 Å². The number of carbonyl (C=O) groups is 2. The van der Waals surface area contributed by atoms with Crippen LogP contribution in [0.15, 0.2) is 35.1 Å². The van der Waals surface area contributed by atoms with E-state index < -0.39 is 0 Å². The van der Waals surface area contributed by atoms with Crippen molar-refractivity contribution in [3.8, 4) is 0 Å². The van der Waals surface area contributed by atoms with Crippen LogP contribution in [0.2, 0.25) is 0 Å². The summed E-state index contributed by atoms with van der Waals surface area (Å²) in [6, 6.07) is 1.74. The molecular weight excluding hydrogens is 296 g/mol. The van der Waals surface area contributed by atoms with Crippen LogP contribution in [0.1, 0.15) is 12.8 Å². The average molecular weight is 307 g/mol. The quantitative estimate of drug-likeness (QED) is 0.591. The van der Waals surface area contributed by atoms with Crippen molar-refractivity contribution in [2.45, 2.75) is 12.8 Å². The lowest BCUT2D eigenvalue weighted by atomic mass is 9.85. The van der Waals surface area contributed by atoms with Crippen LogP contribution in [-0.4, -0.2) is 16.8 Å². The van der Waals surface area contributed by atoms with Gasteiger partial charge in [-0.1, -0.05) is 12.2 Å². The third-order valence-corrected chi connectivity index (χ3v) is 3.89. The van der Waals surface area contributed by atoms with Gasteiger partial charge in [0, 0.05) is 10.7 Å². The molecule has 1 aromatic rings. The molecule has 0 bridgehead atoms. The van der Waals surface area contributed by atoms with Gasteiger partial charge in [-0.3, -0.25) is 14.6 Å². The normalized spacial score (nSPS) is 26.6. The van der Waals surface area contributed by atoms with E-state index in [1.807, 2.05) is 12.2 Å². The zero-order valence-electron chi connectivity index (χ0n) is 9.54. The van der Waals surface area contributed by atoms with Crippen LogP contribution in [0, 0.1) is 11.8 Å². The van der Waals surface area contributed by atoms with E-state index in [1.165, 1.54) is 4.90 Å². The standard InChI is InChI=1S/C13H11BrN2O2/c14-8-5-9(7-15-6-8)16-12(17)10-3-1-2-4-11(10)13(16)18/h1-2,5-7,10-11H,3-4H2/t10-,11+. The molecule has 0 radical (unpaired) electrons. The van der Waals surface area contributed by atoms with Crippen molar-refractivity contribution in [1.82, 2.24) is 4.98 Å². The third kappa shape index (κ3) is 1.70. The van der Waals surface area contributed by atoms with Crippen LogP contribution in [0.5, 0.6) is 0 Å². The summed E-state index contributed by atoms with van der Waals surface area (Å²) in [4.78, 5) is 29.9. The molecule has 0 unspecified atom stereocenters. The van der Waals surface area contributed by atoms with Crippen LogP contribution >= 0.6 is 15.9 Å². The molecule has 4 nitrogen and oxygen atoms in total. The number of allylic oxidation sites excluding steroid dienone is 2. The van der Waals surface area contributed by atoms with E-state index in [0.29, 0.717) is 18.5 Å². The van der Waals surface area contributed by atoms with Gasteiger partial charge in [-0.15, -0.1) is 0 Å². The second kappa shape index (κ2) is 4.31. The first-order valence-corrected chi connectivity index (χ1v) is 6.61. The molecule has 5 heteroatoms. The maximum Gasteiger partial charge on any atom is 0.238 e. The Bertz CT molecular complexity index is 530. The SMILES string of the molecule is O=C1[C@H]2CC=CC[C@H]2C(=O)N1c1cncc(Br)c1. The number of pyridine rings is 1. The van der Waals surface area contributed by atoms with Crippen molar-refractivity contribution < 1.29 is 9.59 Å². The molecule has 2 heterocycles. The Kier molecular flexibility index (Phi) is 2.78. The number of nitrogens with zero attached hydrogens (tertiary/aromatic N) is 2. The topological polar surface area (TPSA) is 50.3 Å². The van der Waals surface area contributed by atoms with E-state index in [1.54, 1.807) is 18.5 Å². The molecule has 92 valence electrons. The lowest BCUT2D eigenvalue weighted by Crippen LogP contribution is -2.30. The Morgan fingerprint density at radius 1 is 1.11 bits per heavy atom. The monoisotopic (exact) mass is 306 g/mol. The molecule has 2 aliphatic rings. The fourth-order valence-electron chi connectivity index (χ4n) is 2.58. The Morgan fingerprint density at radius 3 is 2.28 bits per heavy atom. The second-order valence-corrected chi connectivity index (χ2v) is 5.44. The fraction of sp³-hybridized carbons (Fsp3) is 0.308. The van der Waals surface area contributed by atoms with Gasteiger partial charge >= 0.3 is 0 Å². The first-order chi connectivity index (χ1) is 8.68. The number of anilines is 1. The molecule has 0 aromatic carbocycles. The average Bonchev–Trinajstić information content (AvgIpc) is 2.63. The minimum atomic E-state index is -0.193. The number of hydrogen-bond donors (Lipinski definition) is 0. The third-order valence-electron chi connectivity index (χ3n) is 3.46. The number of aromatic nitrogens is 1. The molecule has 1 saturated heterocycles. The van der Waals surface area contributed by atoms with E-state index in [0.717, 1.165) is 4.47 Å². The molecule has 0 saturated carbocycles. The van der Waals surface area contributed by atoms with Gasteiger partial charge in [0.05, 0.1) is 23.7 Å². The molecule has 1 aromatic heterocycles. The number of amides is 2. The van der Waals surface area contributed by atoms with Gasteiger partial charge in [-0.2, -0.15) is 0 Å². The minimum Gasteiger partial charge on any atom is -0.274 e. The van der Waals surface area contributed by atoms with Crippen molar-refractivity contribution in [2.24, 2.45) is 11.8 Å². The molecule has 2 atom stereocenters. The Balaban J connectivity index is 1.99. The highest BCUT2D eigenvalue weighted by Gasteiger charge is 2.47. The molecule has 0 spiro atoms. The zero-order valence-corrected chi connectivity index (χ0v) is 11.1. The van der Waals surface area contributed by atoms with Gasteiger partial charge in [0.1, 0.15) is 0 Å². The molecule has 1 aliphatic heterocycles. The number of rotatable bonds is 1. The maximum absolute atomic E-state index is 12.3. The summed E-state index contributed by atoms with van der Waals surface area (Å²) in [7, 11) is 0. The van der Waals surface area contributed by atoms with E-state index in [-0.39, 0.29) is 23.7 Å². The summed E-state index contributed by atoms with van der Waals surface area (Å²) < 4.78 is 0.758. The van der Waals surface area contributed by atoms with Crippen LogP contribution in [0.3, 0.4) is 0 Å². The highest BCUT2D eigenvalue weighted by atomic mass is 79.9. The van der Waals surface area contributed by atoms with Gasteiger partial charge in [0.15, 0.2) is 0 Å². The number of fused-ring (bicyclic) bond motifs is 1. The van der Waals surface area contributed by atoms with Gasteiger partial charge in [0.25, 0.3) is 0 Å². The van der Waals surface area contributed by atoms with Crippen molar-refractivity contribution in [2.75, 3.05) is 4.90 Å². The molecule has 18 heavy (non-hydrogen) atoms. The lowest BCUT2D eigenvalue weighted by molar-refractivity contribution is -0.122. The van der Waals surface area contributed by atoms with Gasteiger partial charge in [-0.05, 0) is 34.8 Å². The second-order valence-electron chi connectivity index (χ2n) is 4.53. The summed E-state index contributed by atoms with van der Waals surface area (Å²) in [6.45, 7) is 0. The Hall–Kier alpha value is -1.49. The van der Waals surface area contributed by atoms with Crippen LogP contribution < -0.4 is 4.90 Å². The minimum absolute atomic E-state index is 0.103. The summed E-state index contributed by atoms with van der Waals surface area (Å²) in [5.41, 5.74) is 0.550. The molecule has 0 N–H and O–H groups in total. The summed E-state index contributed by atoms with van der Waals surface area (Å²) in [6.07, 6.45) is 8.46. The first-order valence-electron chi connectivity index (χ1n) is 5.82. The van der Waals surface area contributed by atoms with Gasteiger partial charge in [-0.25, -0.2) is 4.90 Å². The Morgan fingerprint density at radius 2 is 1.72 bits per heavy atom. The number of imide groups is 1. The maximum atomic E-state index is 12.3.